The number of carbonyl (C=O) groups excluding carboxylic acids is 2. The fourth-order valence-corrected chi connectivity index (χ4v) is 2.65. The fourth-order valence-electron chi connectivity index (χ4n) is 2.65. The molecule has 3 aromatic rings. The van der Waals surface area contributed by atoms with Gasteiger partial charge in [0.15, 0.2) is 11.6 Å². The number of benzene rings is 1. The van der Waals surface area contributed by atoms with Crippen LogP contribution in [0.1, 0.15) is 17.3 Å². The first kappa shape index (κ1) is 20.4. The highest BCUT2D eigenvalue weighted by Gasteiger charge is 2.22. The van der Waals surface area contributed by atoms with Crippen LogP contribution in [0.15, 0.2) is 42.6 Å². The number of nitrogens with one attached hydrogen (secondary N) is 1. The van der Waals surface area contributed by atoms with Crippen molar-refractivity contribution in [2.24, 2.45) is 0 Å². The van der Waals surface area contributed by atoms with Gasteiger partial charge in [0.05, 0.1) is 31.5 Å². The van der Waals surface area contributed by atoms with E-state index in [4.69, 9.17) is 14.2 Å². The van der Waals surface area contributed by atoms with Crippen LogP contribution in [0.4, 0.5) is 5.82 Å². The number of anilines is 1. The molecule has 0 aliphatic heterocycles. The van der Waals surface area contributed by atoms with Crippen LogP contribution in [-0.4, -0.2) is 60.2 Å². The molecule has 2 aromatic heterocycles. The largest absolute Gasteiger partial charge is 0.462 e. The van der Waals surface area contributed by atoms with Crippen molar-refractivity contribution in [1.29, 1.82) is 0 Å². The molecule has 1 N–H and O–H groups in total. The lowest BCUT2D eigenvalue weighted by atomic mass is 10.2. The van der Waals surface area contributed by atoms with Gasteiger partial charge in [-0.25, -0.2) is 9.78 Å². The van der Waals surface area contributed by atoms with Crippen molar-refractivity contribution in [3.63, 3.8) is 0 Å². The van der Waals surface area contributed by atoms with Crippen molar-refractivity contribution in [3.8, 4) is 5.82 Å². The highest BCUT2D eigenvalue weighted by atomic mass is 16.5. The molecule has 9 nitrogen and oxygen atoms in total. The van der Waals surface area contributed by atoms with E-state index in [1.165, 1.54) is 10.9 Å². The van der Waals surface area contributed by atoms with Crippen molar-refractivity contribution in [3.05, 3.63) is 48.2 Å². The molecule has 152 valence electrons. The van der Waals surface area contributed by atoms with E-state index in [1.807, 2.05) is 30.3 Å². The molecule has 0 bridgehead atoms. The maximum atomic E-state index is 12.3. The van der Waals surface area contributed by atoms with Crippen molar-refractivity contribution < 1.29 is 23.8 Å². The lowest BCUT2D eigenvalue weighted by molar-refractivity contribution is -0.121. The molecular weight excluding hydrogens is 376 g/mol. The molecule has 1 amide bonds. The third-order valence-corrected chi connectivity index (χ3v) is 3.99. The summed E-state index contributed by atoms with van der Waals surface area (Å²) in [5, 5.41) is 7.88. The van der Waals surface area contributed by atoms with Gasteiger partial charge >= 0.3 is 5.97 Å². The number of carbonyl (C=O) groups is 2. The van der Waals surface area contributed by atoms with Gasteiger partial charge in [0.25, 0.3) is 5.91 Å². The smallest absolute Gasteiger partial charge is 0.343 e. The zero-order valence-corrected chi connectivity index (χ0v) is 16.3. The van der Waals surface area contributed by atoms with Gasteiger partial charge in [-0.15, -0.1) is 0 Å². The highest BCUT2D eigenvalue weighted by Crippen LogP contribution is 2.22. The SMILES string of the molecule is CCOC(=O)c1cnn(-c2ccc3ccccc3n2)c1NC(=O)COCCOC. The molecule has 0 aliphatic carbocycles. The van der Waals surface area contributed by atoms with E-state index in [9.17, 15) is 9.59 Å². The Balaban J connectivity index is 1.91. The van der Waals surface area contributed by atoms with E-state index in [2.05, 4.69) is 15.4 Å². The monoisotopic (exact) mass is 398 g/mol. The maximum Gasteiger partial charge on any atom is 0.343 e. The Kier molecular flexibility index (Phi) is 6.88. The molecule has 9 heteroatoms. The fraction of sp³-hybridized carbons (Fsp3) is 0.300. The number of hydrogen-bond donors (Lipinski definition) is 1. The number of fused-ring (bicyclic) bond motifs is 1. The van der Waals surface area contributed by atoms with Gasteiger partial charge in [-0.3, -0.25) is 4.79 Å². The Labute approximate surface area is 167 Å². The standard InChI is InChI=1S/C20H22N4O5/c1-3-29-20(26)15-12-21-24(19(15)23-18(25)13-28-11-10-27-2)17-9-8-14-6-4-5-7-16(14)22-17/h4-9,12H,3,10-11,13H2,1-2H3,(H,23,25). The number of hydrogen-bond acceptors (Lipinski definition) is 7. The summed E-state index contributed by atoms with van der Waals surface area (Å²) in [6, 6.07) is 11.3. The van der Waals surface area contributed by atoms with Crippen LogP contribution >= 0.6 is 0 Å². The van der Waals surface area contributed by atoms with Crippen LogP contribution in [0.2, 0.25) is 0 Å². The average molecular weight is 398 g/mol. The van der Waals surface area contributed by atoms with E-state index in [-0.39, 0.29) is 31.2 Å². The molecule has 1 aromatic carbocycles. The lowest BCUT2D eigenvalue weighted by Gasteiger charge is -2.11. The first-order chi connectivity index (χ1) is 14.1. The van der Waals surface area contributed by atoms with Crippen molar-refractivity contribution in [2.45, 2.75) is 6.92 Å². The number of aromatic nitrogens is 3. The minimum Gasteiger partial charge on any atom is -0.462 e. The van der Waals surface area contributed by atoms with Gasteiger partial charge in [-0.1, -0.05) is 18.2 Å². The van der Waals surface area contributed by atoms with E-state index in [1.54, 1.807) is 20.1 Å². The zero-order chi connectivity index (χ0) is 20.6. The van der Waals surface area contributed by atoms with Gasteiger partial charge in [-0.05, 0) is 25.1 Å². The summed E-state index contributed by atoms with van der Waals surface area (Å²) in [4.78, 5) is 29.2. The Hall–Kier alpha value is -3.30. The molecule has 29 heavy (non-hydrogen) atoms. The van der Waals surface area contributed by atoms with Crippen molar-refractivity contribution in [2.75, 3.05) is 38.9 Å². The minimum absolute atomic E-state index is 0.132. The number of amides is 1. The number of pyridine rings is 1. The molecule has 2 heterocycles. The van der Waals surface area contributed by atoms with Gasteiger partial charge in [0.1, 0.15) is 12.2 Å². The average Bonchev–Trinajstić information content (AvgIpc) is 3.14. The van der Waals surface area contributed by atoms with Gasteiger partial charge in [0, 0.05) is 12.5 Å². The number of ether oxygens (including phenoxy) is 3. The second-order valence-electron chi connectivity index (χ2n) is 5.99. The molecular formula is C20H22N4O5. The summed E-state index contributed by atoms with van der Waals surface area (Å²) in [6.07, 6.45) is 1.34. The van der Waals surface area contributed by atoms with E-state index >= 15 is 0 Å². The topological polar surface area (TPSA) is 105 Å². The summed E-state index contributed by atoms with van der Waals surface area (Å²) in [5.41, 5.74) is 0.894. The summed E-state index contributed by atoms with van der Waals surface area (Å²) in [7, 11) is 1.55. The molecule has 0 saturated carbocycles. The van der Waals surface area contributed by atoms with E-state index in [0.29, 0.717) is 12.4 Å². The summed E-state index contributed by atoms with van der Waals surface area (Å²) >= 11 is 0. The van der Waals surface area contributed by atoms with E-state index < -0.39 is 11.9 Å². The number of methoxy groups -OCH3 is 1. The second-order valence-corrected chi connectivity index (χ2v) is 5.99. The van der Waals surface area contributed by atoms with Crippen LogP contribution in [0.3, 0.4) is 0 Å². The molecule has 0 saturated heterocycles. The Bertz CT molecular complexity index is 1000. The Morgan fingerprint density at radius 2 is 1.97 bits per heavy atom. The molecule has 0 spiro atoms. The van der Waals surface area contributed by atoms with Gasteiger partial charge < -0.3 is 19.5 Å². The summed E-state index contributed by atoms with van der Waals surface area (Å²) in [6.45, 7) is 2.36. The van der Waals surface area contributed by atoms with Gasteiger partial charge in [0.2, 0.25) is 0 Å². The van der Waals surface area contributed by atoms with Crippen LogP contribution in [-0.2, 0) is 19.0 Å². The Morgan fingerprint density at radius 1 is 1.14 bits per heavy atom. The molecule has 3 rings (SSSR count). The van der Waals surface area contributed by atoms with E-state index in [0.717, 1.165) is 10.9 Å². The quantitative estimate of drug-likeness (QED) is 0.435. The first-order valence-corrected chi connectivity index (χ1v) is 9.12. The predicted octanol–water partition coefficient (Wildman–Crippen LogP) is 2.20. The minimum atomic E-state index is -0.588. The molecule has 0 radical (unpaired) electrons. The number of esters is 1. The summed E-state index contributed by atoms with van der Waals surface area (Å²) in [5.74, 6) is -0.397. The van der Waals surface area contributed by atoms with Crippen molar-refractivity contribution in [1.82, 2.24) is 14.8 Å². The molecule has 0 unspecified atom stereocenters. The lowest BCUT2D eigenvalue weighted by Crippen LogP contribution is -2.23. The maximum absolute atomic E-state index is 12.3. The third-order valence-electron chi connectivity index (χ3n) is 3.99. The zero-order valence-electron chi connectivity index (χ0n) is 16.3. The Morgan fingerprint density at radius 3 is 2.76 bits per heavy atom. The van der Waals surface area contributed by atoms with Crippen LogP contribution < -0.4 is 5.32 Å². The van der Waals surface area contributed by atoms with Crippen LogP contribution in [0.5, 0.6) is 0 Å². The predicted molar refractivity (Wildman–Crippen MR) is 106 cm³/mol. The summed E-state index contributed by atoms with van der Waals surface area (Å²) < 4.78 is 16.6. The van der Waals surface area contributed by atoms with Crippen LogP contribution in [0.25, 0.3) is 16.7 Å². The number of rotatable bonds is 9. The normalized spacial score (nSPS) is 10.8. The van der Waals surface area contributed by atoms with Crippen molar-refractivity contribution >= 4 is 28.6 Å². The van der Waals surface area contributed by atoms with Gasteiger partial charge in [-0.2, -0.15) is 9.78 Å². The third kappa shape index (κ3) is 4.95. The molecule has 0 aliphatic rings. The number of para-hydroxylation sites is 1. The molecule has 0 atom stereocenters. The van der Waals surface area contributed by atoms with Crippen LogP contribution in [0, 0.1) is 0 Å². The number of nitrogens with zero attached hydrogens (tertiary/aromatic N) is 3. The highest BCUT2D eigenvalue weighted by molar-refractivity contribution is 6.00. The first-order valence-electron chi connectivity index (χ1n) is 9.12. The molecule has 0 fully saturated rings. The second kappa shape index (κ2) is 9.76.